The Morgan fingerprint density at radius 2 is 2.15 bits per heavy atom. The molecule has 1 N–H and O–H groups in total. The van der Waals surface area contributed by atoms with E-state index >= 15 is 0 Å². The van der Waals surface area contributed by atoms with Crippen LogP contribution in [0.4, 0.5) is 13.2 Å². The van der Waals surface area contributed by atoms with Crippen molar-refractivity contribution >= 4 is 0 Å². The Bertz CT molecular complexity index is 434. The van der Waals surface area contributed by atoms with Gasteiger partial charge in [0.2, 0.25) is 0 Å². The van der Waals surface area contributed by atoms with Crippen molar-refractivity contribution in [2.45, 2.75) is 37.5 Å². The third-order valence-corrected chi connectivity index (χ3v) is 3.75. The summed E-state index contributed by atoms with van der Waals surface area (Å²) in [4.78, 5) is 5.95. The maximum atomic E-state index is 12.7. The minimum atomic E-state index is -4.61. The van der Waals surface area contributed by atoms with Gasteiger partial charge in [-0.15, -0.1) is 0 Å². The first-order valence-electron chi connectivity index (χ1n) is 6.72. The van der Waals surface area contributed by atoms with Gasteiger partial charge in [0.05, 0.1) is 0 Å². The van der Waals surface area contributed by atoms with Gasteiger partial charge in [-0.25, -0.2) is 0 Å². The highest BCUT2D eigenvalue weighted by atomic mass is 19.4. The van der Waals surface area contributed by atoms with Crippen LogP contribution in [0.5, 0.6) is 0 Å². The van der Waals surface area contributed by atoms with E-state index in [1.807, 2.05) is 18.2 Å². The fraction of sp³-hybridized carbons (Fsp3) is 0.643. The van der Waals surface area contributed by atoms with E-state index < -0.39 is 11.8 Å². The van der Waals surface area contributed by atoms with Crippen LogP contribution in [0.3, 0.4) is 0 Å². The van der Waals surface area contributed by atoms with E-state index in [4.69, 9.17) is 0 Å². The van der Waals surface area contributed by atoms with Crippen LogP contribution in [0.2, 0.25) is 0 Å². The number of piperidine rings is 1. The topological polar surface area (TPSA) is 36.4 Å². The number of pyridine rings is 1. The summed E-state index contributed by atoms with van der Waals surface area (Å²) in [5, 5.41) is 9.58. The van der Waals surface area contributed by atoms with Crippen molar-refractivity contribution in [3.05, 3.63) is 30.1 Å². The molecule has 20 heavy (non-hydrogen) atoms. The maximum absolute atomic E-state index is 12.7. The molecule has 1 aromatic heterocycles. The third-order valence-electron chi connectivity index (χ3n) is 3.75. The summed E-state index contributed by atoms with van der Waals surface area (Å²) in [6.45, 7) is 1.52. The third kappa shape index (κ3) is 3.49. The fourth-order valence-electron chi connectivity index (χ4n) is 2.58. The van der Waals surface area contributed by atoms with Crippen molar-refractivity contribution in [2.24, 2.45) is 0 Å². The zero-order valence-corrected chi connectivity index (χ0v) is 11.4. The zero-order valence-electron chi connectivity index (χ0n) is 11.4. The predicted octanol–water partition coefficient (Wildman–Crippen LogP) is 2.57. The summed E-state index contributed by atoms with van der Waals surface area (Å²) in [7, 11) is 0. The van der Waals surface area contributed by atoms with Gasteiger partial charge in [-0.3, -0.25) is 9.88 Å². The second-order valence-corrected chi connectivity index (χ2v) is 5.60. The molecular weight excluding hydrogens is 269 g/mol. The average molecular weight is 288 g/mol. The van der Waals surface area contributed by atoms with Crippen molar-refractivity contribution in [2.75, 3.05) is 19.6 Å². The monoisotopic (exact) mass is 288 g/mol. The number of β-amino-alcohol motifs (C(OH)–C–C–N with tert-alkyl or cyclic N) is 1. The molecule has 0 aliphatic carbocycles. The SMILES string of the molecule is CC(O)(CN1CCCC(c2ccccn2)C1)C(F)(F)F. The van der Waals surface area contributed by atoms with Gasteiger partial charge in [0.1, 0.15) is 0 Å². The van der Waals surface area contributed by atoms with Gasteiger partial charge in [0, 0.05) is 30.9 Å². The summed E-state index contributed by atoms with van der Waals surface area (Å²) in [6, 6.07) is 5.60. The predicted molar refractivity (Wildman–Crippen MR) is 69.3 cm³/mol. The minimum Gasteiger partial charge on any atom is -0.380 e. The van der Waals surface area contributed by atoms with E-state index in [-0.39, 0.29) is 12.5 Å². The van der Waals surface area contributed by atoms with Crippen LogP contribution >= 0.6 is 0 Å². The summed E-state index contributed by atoms with van der Waals surface area (Å²) in [5.74, 6) is 0.133. The molecule has 2 rings (SSSR count). The van der Waals surface area contributed by atoms with Crippen LogP contribution < -0.4 is 0 Å². The molecule has 1 aliphatic rings. The second kappa shape index (κ2) is 5.69. The number of aliphatic hydroxyl groups is 1. The molecule has 1 saturated heterocycles. The summed E-state index contributed by atoms with van der Waals surface area (Å²) < 4.78 is 38.2. The summed E-state index contributed by atoms with van der Waals surface area (Å²) in [5.41, 5.74) is -1.76. The average Bonchev–Trinajstić information content (AvgIpc) is 2.38. The number of hydrogen-bond donors (Lipinski definition) is 1. The molecule has 2 atom stereocenters. The molecule has 1 fully saturated rings. The molecule has 3 nitrogen and oxygen atoms in total. The van der Waals surface area contributed by atoms with E-state index in [0.29, 0.717) is 13.1 Å². The Kier molecular flexibility index (Phi) is 4.34. The molecule has 0 spiro atoms. The molecule has 0 amide bonds. The quantitative estimate of drug-likeness (QED) is 0.928. The van der Waals surface area contributed by atoms with Crippen molar-refractivity contribution in [3.63, 3.8) is 0 Å². The smallest absolute Gasteiger partial charge is 0.380 e. The number of likely N-dealkylation sites (tertiary alicyclic amines) is 1. The van der Waals surface area contributed by atoms with Crippen LogP contribution in [-0.2, 0) is 0 Å². The molecule has 1 aliphatic heterocycles. The molecule has 112 valence electrons. The first-order chi connectivity index (χ1) is 9.29. The molecule has 2 unspecified atom stereocenters. The lowest BCUT2D eigenvalue weighted by Crippen LogP contribution is -2.53. The molecule has 6 heteroatoms. The van der Waals surface area contributed by atoms with E-state index in [2.05, 4.69) is 4.98 Å². The number of nitrogens with zero attached hydrogens (tertiary/aromatic N) is 2. The zero-order chi connectivity index (χ0) is 14.8. The minimum absolute atomic E-state index is 0.133. The number of hydrogen-bond acceptors (Lipinski definition) is 3. The lowest BCUT2D eigenvalue weighted by molar-refractivity contribution is -0.258. The Hall–Kier alpha value is -1.14. The van der Waals surface area contributed by atoms with Crippen LogP contribution in [-0.4, -0.2) is 46.4 Å². The Labute approximate surface area is 116 Å². The van der Waals surface area contributed by atoms with Crippen LogP contribution in [0.1, 0.15) is 31.4 Å². The Morgan fingerprint density at radius 1 is 1.40 bits per heavy atom. The fourth-order valence-corrected chi connectivity index (χ4v) is 2.58. The van der Waals surface area contributed by atoms with E-state index in [9.17, 15) is 18.3 Å². The number of aromatic nitrogens is 1. The molecule has 0 aromatic carbocycles. The second-order valence-electron chi connectivity index (χ2n) is 5.60. The maximum Gasteiger partial charge on any atom is 0.418 e. The first-order valence-corrected chi connectivity index (χ1v) is 6.72. The normalized spacial score (nSPS) is 24.4. The Balaban J connectivity index is 2.01. The van der Waals surface area contributed by atoms with Gasteiger partial charge in [-0.2, -0.15) is 13.2 Å². The molecule has 1 aromatic rings. The lowest BCUT2D eigenvalue weighted by Gasteiger charge is -2.37. The van der Waals surface area contributed by atoms with Crippen LogP contribution in [0.15, 0.2) is 24.4 Å². The molecule has 0 radical (unpaired) electrons. The van der Waals surface area contributed by atoms with Crippen LogP contribution in [0.25, 0.3) is 0 Å². The molecule has 2 heterocycles. The van der Waals surface area contributed by atoms with Gasteiger partial charge in [0.15, 0.2) is 5.60 Å². The molecule has 0 saturated carbocycles. The molecule has 0 bridgehead atoms. The van der Waals surface area contributed by atoms with Crippen molar-refractivity contribution in [3.8, 4) is 0 Å². The number of rotatable bonds is 3. The van der Waals surface area contributed by atoms with Crippen molar-refractivity contribution < 1.29 is 18.3 Å². The van der Waals surface area contributed by atoms with E-state index in [0.717, 1.165) is 25.5 Å². The summed E-state index contributed by atoms with van der Waals surface area (Å²) in [6.07, 6.45) is -1.18. The highest BCUT2D eigenvalue weighted by molar-refractivity contribution is 5.11. The van der Waals surface area contributed by atoms with Gasteiger partial charge in [-0.05, 0) is 38.4 Å². The largest absolute Gasteiger partial charge is 0.418 e. The van der Waals surface area contributed by atoms with Gasteiger partial charge in [0.25, 0.3) is 0 Å². The van der Waals surface area contributed by atoms with Gasteiger partial charge in [-0.1, -0.05) is 6.07 Å². The highest BCUT2D eigenvalue weighted by Gasteiger charge is 2.50. The Morgan fingerprint density at radius 3 is 2.75 bits per heavy atom. The number of alkyl halides is 3. The van der Waals surface area contributed by atoms with Crippen molar-refractivity contribution in [1.29, 1.82) is 0 Å². The standard InChI is InChI=1S/C14H19F3N2O/c1-13(20,14(15,16)17)10-19-8-4-5-11(9-19)12-6-2-3-7-18-12/h2-3,6-7,11,20H,4-5,8-10H2,1H3. The number of halogens is 3. The van der Waals surface area contributed by atoms with Gasteiger partial charge < -0.3 is 5.11 Å². The van der Waals surface area contributed by atoms with Crippen molar-refractivity contribution in [1.82, 2.24) is 9.88 Å². The van der Waals surface area contributed by atoms with Gasteiger partial charge >= 0.3 is 6.18 Å². The van der Waals surface area contributed by atoms with Crippen LogP contribution in [0, 0.1) is 0 Å². The highest BCUT2D eigenvalue weighted by Crippen LogP contribution is 2.33. The first kappa shape index (κ1) is 15.3. The van der Waals surface area contributed by atoms with E-state index in [1.54, 1.807) is 11.1 Å². The van der Waals surface area contributed by atoms with E-state index in [1.165, 1.54) is 0 Å². The molecular formula is C14H19F3N2O. The summed E-state index contributed by atoms with van der Waals surface area (Å²) >= 11 is 0. The lowest BCUT2D eigenvalue weighted by atomic mass is 9.93.